The SMILES string of the molecule is O=S(=O)(O)c1cccc2c(CC(F)(F)C(F)(F)C(F)(F)C(F)(F)C(F)(F)C(F)F)cccc12. The second-order valence-corrected chi connectivity index (χ2v) is 8.16. The number of halogens is 12. The van der Waals surface area contributed by atoms with Crippen molar-refractivity contribution >= 4 is 20.9 Å². The summed E-state index contributed by atoms with van der Waals surface area (Å²) in [5.74, 6) is -35.9. The average molecular weight is 522 g/mol. The molecule has 0 aliphatic carbocycles. The highest BCUT2D eigenvalue weighted by molar-refractivity contribution is 7.86. The monoisotopic (exact) mass is 522 g/mol. The van der Waals surface area contributed by atoms with Crippen LogP contribution < -0.4 is 0 Å². The van der Waals surface area contributed by atoms with E-state index in [1.54, 1.807) is 0 Å². The summed E-state index contributed by atoms with van der Waals surface area (Å²) in [6.07, 6.45) is -8.13. The third-order valence-electron chi connectivity index (χ3n) is 4.60. The average Bonchev–Trinajstić information content (AvgIpc) is 2.66. The summed E-state index contributed by atoms with van der Waals surface area (Å²) in [7, 11) is -4.99. The molecule has 33 heavy (non-hydrogen) atoms. The van der Waals surface area contributed by atoms with Crippen LogP contribution in [0.1, 0.15) is 5.56 Å². The van der Waals surface area contributed by atoms with Gasteiger partial charge in [0.25, 0.3) is 10.1 Å². The van der Waals surface area contributed by atoms with Crippen molar-refractivity contribution in [2.75, 3.05) is 0 Å². The van der Waals surface area contributed by atoms with Gasteiger partial charge in [-0.2, -0.15) is 52.3 Å². The van der Waals surface area contributed by atoms with Gasteiger partial charge in [-0.3, -0.25) is 4.55 Å². The van der Waals surface area contributed by atoms with Crippen LogP contribution in [0.5, 0.6) is 0 Å². The molecular formula is C17H10F12O3S. The van der Waals surface area contributed by atoms with Gasteiger partial charge in [-0.1, -0.05) is 30.3 Å². The Labute approximate surface area is 176 Å². The highest BCUT2D eigenvalue weighted by Crippen LogP contribution is 2.58. The van der Waals surface area contributed by atoms with Crippen molar-refractivity contribution in [3.63, 3.8) is 0 Å². The van der Waals surface area contributed by atoms with E-state index < -0.39 is 73.8 Å². The number of alkyl halides is 12. The van der Waals surface area contributed by atoms with E-state index in [0.29, 0.717) is 6.07 Å². The minimum atomic E-state index is -7.66. The Morgan fingerprint density at radius 3 is 1.70 bits per heavy atom. The Hall–Kier alpha value is -2.23. The predicted octanol–water partition coefficient (Wildman–Crippen LogP) is 6.07. The van der Waals surface area contributed by atoms with E-state index in [4.69, 9.17) is 4.55 Å². The summed E-state index contributed by atoms with van der Waals surface area (Å²) in [6.45, 7) is 0. The molecule has 0 heterocycles. The molecule has 2 aromatic rings. The summed E-state index contributed by atoms with van der Waals surface area (Å²) >= 11 is 0. The van der Waals surface area contributed by atoms with Crippen molar-refractivity contribution in [2.24, 2.45) is 0 Å². The Balaban J connectivity index is 2.62. The van der Waals surface area contributed by atoms with Crippen molar-refractivity contribution in [3.05, 3.63) is 42.0 Å². The Bertz CT molecular complexity index is 1150. The molecular weight excluding hydrogens is 512 g/mol. The zero-order chi connectivity index (χ0) is 25.8. The zero-order valence-electron chi connectivity index (χ0n) is 15.5. The lowest BCUT2D eigenvalue weighted by Crippen LogP contribution is -2.68. The lowest BCUT2D eigenvalue weighted by atomic mass is 9.90. The molecule has 0 unspecified atom stereocenters. The molecule has 0 aromatic heterocycles. The van der Waals surface area contributed by atoms with Crippen LogP contribution in [-0.2, 0) is 16.5 Å². The largest absolute Gasteiger partial charge is 0.384 e. The smallest absolute Gasteiger partial charge is 0.282 e. The van der Waals surface area contributed by atoms with Gasteiger partial charge < -0.3 is 0 Å². The first kappa shape index (κ1) is 27.0. The Kier molecular flexibility index (Phi) is 6.49. The van der Waals surface area contributed by atoms with Crippen molar-refractivity contribution in [3.8, 4) is 0 Å². The van der Waals surface area contributed by atoms with Gasteiger partial charge >= 0.3 is 36.0 Å². The van der Waals surface area contributed by atoms with Crippen LogP contribution >= 0.6 is 0 Å². The molecule has 0 radical (unpaired) electrons. The first-order valence-corrected chi connectivity index (χ1v) is 9.72. The van der Waals surface area contributed by atoms with E-state index in [1.165, 1.54) is 0 Å². The maximum Gasteiger partial charge on any atom is 0.384 e. The second-order valence-electron chi connectivity index (χ2n) is 6.77. The fraction of sp³-hybridized carbons (Fsp3) is 0.412. The van der Waals surface area contributed by atoms with Crippen LogP contribution in [0, 0.1) is 0 Å². The molecule has 0 aliphatic heterocycles. The molecule has 0 bridgehead atoms. The fourth-order valence-electron chi connectivity index (χ4n) is 2.85. The first-order chi connectivity index (χ1) is 14.6. The summed E-state index contributed by atoms with van der Waals surface area (Å²) in [6, 6.07) is 4.64. The number of fused-ring (bicyclic) bond motifs is 1. The number of hydrogen-bond acceptors (Lipinski definition) is 2. The zero-order valence-corrected chi connectivity index (χ0v) is 16.3. The molecule has 186 valence electrons. The topological polar surface area (TPSA) is 54.4 Å². The molecule has 0 spiro atoms. The van der Waals surface area contributed by atoms with Gasteiger partial charge in [-0.15, -0.1) is 0 Å². The molecule has 0 fully saturated rings. The van der Waals surface area contributed by atoms with Gasteiger partial charge in [0, 0.05) is 11.8 Å². The minimum absolute atomic E-state index is 0.557. The minimum Gasteiger partial charge on any atom is -0.282 e. The number of rotatable bonds is 8. The number of benzene rings is 2. The van der Waals surface area contributed by atoms with Crippen molar-refractivity contribution in [1.82, 2.24) is 0 Å². The highest BCUT2D eigenvalue weighted by Gasteiger charge is 2.87. The van der Waals surface area contributed by atoms with Crippen LogP contribution in [0.4, 0.5) is 52.7 Å². The summed E-state index contributed by atoms with van der Waals surface area (Å²) in [5.41, 5.74) is -1.04. The van der Waals surface area contributed by atoms with Crippen molar-refractivity contribution in [2.45, 2.75) is 47.4 Å². The van der Waals surface area contributed by atoms with E-state index in [0.717, 1.165) is 30.3 Å². The molecule has 0 atom stereocenters. The summed E-state index contributed by atoms with van der Waals surface area (Å²) < 4.78 is 192. The van der Waals surface area contributed by atoms with Crippen LogP contribution in [0.2, 0.25) is 0 Å². The molecule has 0 saturated carbocycles. The van der Waals surface area contributed by atoms with Gasteiger partial charge in [0.15, 0.2) is 0 Å². The van der Waals surface area contributed by atoms with Crippen LogP contribution in [0.25, 0.3) is 10.8 Å². The van der Waals surface area contributed by atoms with Crippen LogP contribution in [0.15, 0.2) is 41.3 Å². The van der Waals surface area contributed by atoms with E-state index in [-0.39, 0.29) is 0 Å². The molecule has 2 aromatic carbocycles. The van der Waals surface area contributed by atoms with Gasteiger partial charge in [-0.25, -0.2) is 8.78 Å². The summed E-state index contributed by atoms with van der Waals surface area (Å²) in [5, 5.41) is -1.19. The van der Waals surface area contributed by atoms with Crippen molar-refractivity contribution < 1.29 is 65.7 Å². The molecule has 16 heteroatoms. The van der Waals surface area contributed by atoms with Crippen LogP contribution in [-0.4, -0.2) is 49.0 Å². The number of hydrogen-bond donors (Lipinski definition) is 1. The van der Waals surface area contributed by atoms with Gasteiger partial charge in [0.1, 0.15) is 4.90 Å². The molecule has 1 N–H and O–H groups in total. The maximum absolute atomic E-state index is 14.2. The third kappa shape index (κ3) is 4.11. The highest BCUT2D eigenvalue weighted by atomic mass is 32.2. The molecule has 0 amide bonds. The molecule has 0 saturated heterocycles. The van der Waals surface area contributed by atoms with Gasteiger partial charge in [0.2, 0.25) is 0 Å². The Morgan fingerprint density at radius 2 is 1.21 bits per heavy atom. The van der Waals surface area contributed by atoms with Crippen LogP contribution in [0.3, 0.4) is 0 Å². The molecule has 3 nitrogen and oxygen atoms in total. The van der Waals surface area contributed by atoms with E-state index in [1.807, 2.05) is 0 Å². The lowest BCUT2D eigenvalue weighted by Gasteiger charge is -2.39. The predicted molar refractivity (Wildman–Crippen MR) is 88.2 cm³/mol. The lowest BCUT2D eigenvalue weighted by molar-refractivity contribution is -0.412. The van der Waals surface area contributed by atoms with E-state index in [2.05, 4.69) is 0 Å². The van der Waals surface area contributed by atoms with E-state index in [9.17, 15) is 61.1 Å². The molecule has 0 aliphatic rings. The summed E-state index contributed by atoms with van der Waals surface area (Å²) in [4.78, 5) is -0.912. The maximum atomic E-state index is 14.2. The normalized spacial score (nSPS) is 14.8. The standard InChI is InChI=1S/C17H10F12O3S/c18-12(19)14(22,23)16(26,27)17(28,29)15(24,25)13(20,21)7-8-3-1-5-10-9(8)4-2-6-11(10)33(30,31)32/h1-6,12H,7H2,(H,30,31,32). The Morgan fingerprint density at radius 1 is 0.727 bits per heavy atom. The van der Waals surface area contributed by atoms with E-state index >= 15 is 0 Å². The fourth-order valence-corrected chi connectivity index (χ4v) is 3.56. The second kappa shape index (κ2) is 7.92. The quantitative estimate of drug-likeness (QED) is 0.338. The third-order valence-corrected chi connectivity index (χ3v) is 5.52. The molecule has 2 rings (SSSR count). The van der Waals surface area contributed by atoms with Gasteiger partial charge in [-0.05, 0) is 17.0 Å². The van der Waals surface area contributed by atoms with Gasteiger partial charge in [0.05, 0.1) is 0 Å². The first-order valence-electron chi connectivity index (χ1n) is 8.28. The van der Waals surface area contributed by atoms with Crippen molar-refractivity contribution in [1.29, 1.82) is 0 Å².